The zero-order valence-corrected chi connectivity index (χ0v) is 7.76. The highest BCUT2D eigenvalue weighted by molar-refractivity contribution is 5.97. The van der Waals surface area contributed by atoms with Crippen LogP contribution in [0.2, 0.25) is 0 Å². The van der Waals surface area contributed by atoms with Gasteiger partial charge in [0.05, 0.1) is 0 Å². The van der Waals surface area contributed by atoms with Crippen molar-refractivity contribution >= 4 is 5.84 Å². The topological polar surface area (TPSA) is 37.7 Å². The standard InChI is InChI=1S/C10H11N3O/c1-2-6-11-8(4-1)10-12-14-9-5-3-7-13(9)10/h1-2,4,6,9H,3,5,7H2. The summed E-state index contributed by atoms with van der Waals surface area (Å²) >= 11 is 0. The fourth-order valence-electron chi connectivity index (χ4n) is 1.94. The number of aromatic nitrogens is 1. The number of rotatable bonds is 1. The summed E-state index contributed by atoms with van der Waals surface area (Å²) in [6.45, 7) is 1.03. The highest BCUT2D eigenvalue weighted by atomic mass is 16.7. The smallest absolute Gasteiger partial charge is 0.201 e. The van der Waals surface area contributed by atoms with Gasteiger partial charge in [-0.05, 0) is 18.6 Å². The zero-order chi connectivity index (χ0) is 9.38. The molecule has 0 aliphatic carbocycles. The van der Waals surface area contributed by atoms with Crippen LogP contribution < -0.4 is 0 Å². The Morgan fingerprint density at radius 1 is 1.43 bits per heavy atom. The average Bonchev–Trinajstić information content (AvgIpc) is 2.79. The Morgan fingerprint density at radius 2 is 2.43 bits per heavy atom. The number of hydrogen-bond donors (Lipinski definition) is 0. The van der Waals surface area contributed by atoms with Crippen LogP contribution in [-0.4, -0.2) is 28.5 Å². The second kappa shape index (κ2) is 2.97. The summed E-state index contributed by atoms with van der Waals surface area (Å²) in [6.07, 6.45) is 4.18. The van der Waals surface area contributed by atoms with Crippen molar-refractivity contribution in [2.75, 3.05) is 6.54 Å². The maximum atomic E-state index is 5.32. The fraction of sp³-hybridized carbons (Fsp3) is 0.400. The van der Waals surface area contributed by atoms with Crippen LogP contribution in [0.4, 0.5) is 0 Å². The largest absolute Gasteiger partial charge is 0.368 e. The van der Waals surface area contributed by atoms with E-state index in [-0.39, 0.29) is 6.23 Å². The van der Waals surface area contributed by atoms with E-state index in [0.717, 1.165) is 24.5 Å². The van der Waals surface area contributed by atoms with E-state index in [0.29, 0.717) is 0 Å². The Kier molecular flexibility index (Phi) is 1.65. The molecule has 1 unspecified atom stereocenters. The minimum Gasteiger partial charge on any atom is -0.368 e. The van der Waals surface area contributed by atoms with E-state index in [1.807, 2.05) is 18.2 Å². The van der Waals surface area contributed by atoms with Crippen LogP contribution in [0.3, 0.4) is 0 Å². The van der Waals surface area contributed by atoms with Crippen LogP contribution in [0.15, 0.2) is 29.6 Å². The van der Waals surface area contributed by atoms with E-state index >= 15 is 0 Å². The van der Waals surface area contributed by atoms with Crippen molar-refractivity contribution in [3.63, 3.8) is 0 Å². The maximum Gasteiger partial charge on any atom is 0.201 e. The third kappa shape index (κ3) is 1.07. The summed E-state index contributed by atoms with van der Waals surface area (Å²) in [5.74, 6) is 0.882. The summed E-state index contributed by atoms with van der Waals surface area (Å²) in [4.78, 5) is 11.8. The van der Waals surface area contributed by atoms with E-state index in [4.69, 9.17) is 4.84 Å². The molecular formula is C10H11N3O. The number of hydrogen-bond acceptors (Lipinski definition) is 4. The Labute approximate surface area is 82.2 Å². The third-order valence-corrected chi connectivity index (χ3v) is 2.62. The number of fused-ring (bicyclic) bond motifs is 1. The normalized spacial score (nSPS) is 24.4. The van der Waals surface area contributed by atoms with Gasteiger partial charge in [-0.15, -0.1) is 0 Å². The molecule has 1 saturated heterocycles. The molecule has 1 fully saturated rings. The Bertz CT molecular complexity index is 363. The molecule has 14 heavy (non-hydrogen) atoms. The van der Waals surface area contributed by atoms with Crippen LogP contribution in [0.1, 0.15) is 18.5 Å². The Morgan fingerprint density at radius 3 is 3.29 bits per heavy atom. The van der Waals surface area contributed by atoms with Gasteiger partial charge in [0.2, 0.25) is 6.23 Å². The van der Waals surface area contributed by atoms with Gasteiger partial charge in [-0.2, -0.15) is 0 Å². The van der Waals surface area contributed by atoms with E-state index in [1.165, 1.54) is 6.42 Å². The molecule has 3 heterocycles. The van der Waals surface area contributed by atoms with Crippen LogP contribution in [0, 0.1) is 0 Å². The van der Waals surface area contributed by atoms with Crippen LogP contribution in [-0.2, 0) is 4.84 Å². The first-order chi connectivity index (χ1) is 6.95. The molecule has 3 rings (SSSR count). The molecule has 4 heteroatoms. The molecule has 2 aliphatic rings. The Hall–Kier alpha value is -1.58. The van der Waals surface area contributed by atoms with E-state index in [2.05, 4.69) is 15.0 Å². The predicted octanol–water partition coefficient (Wildman–Crippen LogP) is 1.20. The molecule has 0 saturated carbocycles. The van der Waals surface area contributed by atoms with Crippen molar-refractivity contribution in [3.05, 3.63) is 30.1 Å². The predicted molar refractivity (Wildman–Crippen MR) is 51.6 cm³/mol. The lowest BCUT2D eigenvalue weighted by Crippen LogP contribution is -2.31. The van der Waals surface area contributed by atoms with Crippen molar-refractivity contribution < 1.29 is 4.84 Å². The molecule has 0 amide bonds. The quantitative estimate of drug-likeness (QED) is 0.666. The number of oxime groups is 1. The van der Waals surface area contributed by atoms with Crippen LogP contribution in [0.5, 0.6) is 0 Å². The molecule has 1 aromatic heterocycles. The number of amidine groups is 1. The highest BCUT2D eigenvalue weighted by Gasteiger charge is 2.35. The minimum atomic E-state index is 0.159. The molecule has 0 radical (unpaired) electrons. The van der Waals surface area contributed by atoms with Crippen molar-refractivity contribution in [2.45, 2.75) is 19.1 Å². The van der Waals surface area contributed by atoms with Crippen molar-refractivity contribution in [2.24, 2.45) is 5.16 Å². The van der Waals surface area contributed by atoms with Gasteiger partial charge in [0, 0.05) is 19.2 Å². The average molecular weight is 189 g/mol. The maximum absolute atomic E-state index is 5.32. The number of nitrogens with zero attached hydrogens (tertiary/aromatic N) is 3. The second-order valence-electron chi connectivity index (χ2n) is 3.53. The summed E-state index contributed by atoms with van der Waals surface area (Å²) < 4.78 is 0. The fourth-order valence-corrected chi connectivity index (χ4v) is 1.94. The van der Waals surface area contributed by atoms with E-state index in [1.54, 1.807) is 6.20 Å². The minimum absolute atomic E-state index is 0.159. The highest BCUT2D eigenvalue weighted by Crippen LogP contribution is 2.25. The van der Waals surface area contributed by atoms with Crippen LogP contribution >= 0.6 is 0 Å². The SMILES string of the molecule is c1ccc(C2=NOC3CCCN23)nc1. The zero-order valence-electron chi connectivity index (χ0n) is 7.76. The second-order valence-corrected chi connectivity index (χ2v) is 3.53. The van der Waals surface area contributed by atoms with Gasteiger partial charge >= 0.3 is 0 Å². The van der Waals surface area contributed by atoms with Gasteiger partial charge < -0.3 is 9.74 Å². The first kappa shape index (κ1) is 7.79. The Balaban J connectivity index is 1.93. The molecule has 0 N–H and O–H groups in total. The summed E-state index contributed by atoms with van der Waals surface area (Å²) in [5.41, 5.74) is 0.900. The lowest BCUT2D eigenvalue weighted by molar-refractivity contribution is 0.0329. The van der Waals surface area contributed by atoms with E-state index < -0.39 is 0 Å². The first-order valence-electron chi connectivity index (χ1n) is 4.87. The third-order valence-electron chi connectivity index (χ3n) is 2.62. The molecule has 1 atom stereocenters. The van der Waals surface area contributed by atoms with Gasteiger partial charge in [-0.1, -0.05) is 11.2 Å². The molecule has 0 spiro atoms. The lowest BCUT2D eigenvalue weighted by Gasteiger charge is -2.15. The molecule has 0 aromatic carbocycles. The monoisotopic (exact) mass is 189 g/mol. The van der Waals surface area contributed by atoms with Gasteiger partial charge in [0.1, 0.15) is 5.69 Å². The van der Waals surface area contributed by atoms with Crippen molar-refractivity contribution in [1.29, 1.82) is 0 Å². The van der Waals surface area contributed by atoms with Gasteiger partial charge in [0.25, 0.3) is 0 Å². The first-order valence-corrected chi connectivity index (χ1v) is 4.87. The summed E-state index contributed by atoms with van der Waals surface area (Å²) in [7, 11) is 0. The van der Waals surface area contributed by atoms with Gasteiger partial charge in [-0.3, -0.25) is 4.98 Å². The molecule has 4 nitrogen and oxygen atoms in total. The van der Waals surface area contributed by atoms with Gasteiger partial charge in [-0.25, -0.2) is 0 Å². The number of pyridine rings is 1. The lowest BCUT2D eigenvalue weighted by atomic mass is 10.3. The molecular weight excluding hydrogens is 178 g/mol. The molecule has 72 valence electrons. The molecule has 1 aromatic rings. The molecule has 2 aliphatic heterocycles. The van der Waals surface area contributed by atoms with Crippen molar-refractivity contribution in [3.8, 4) is 0 Å². The summed E-state index contributed by atoms with van der Waals surface area (Å²) in [6, 6.07) is 5.83. The molecule has 0 bridgehead atoms. The van der Waals surface area contributed by atoms with Gasteiger partial charge in [0.15, 0.2) is 5.84 Å². The van der Waals surface area contributed by atoms with E-state index in [9.17, 15) is 0 Å². The summed E-state index contributed by atoms with van der Waals surface area (Å²) in [5, 5.41) is 4.07. The van der Waals surface area contributed by atoms with Crippen LogP contribution in [0.25, 0.3) is 0 Å². The van der Waals surface area contributed by atoms with Crippen molar-refractivity contribution in [1.82, 2.24) is 9.88 Å².